The van der Waals surface area contributed by atoms with Crippen LogP contribution in [0.3, 0.4) is 0 Å². The number of aromatic nitrogens is 5. The van der Waals surface area contributed by atoms with Gasteiger partial charge in [0.2, 0.25) is 0 Å². The number of nitrogens with zero attached hydrogens (tertiary/aromatic N) is 5. The van der Waals surface area contributed by atoms with Crippen LogP contribution in [0.1, 0.15) is 16.7 Å². The third kappa shape index (κ3) is 5.58. The lowest BCUT2D eigenvalue weighted by Gasteiger charge is -2.14. The number of aryl methyl sites for hydroxylation is 3. The molecule has 0 radical (unpaired) electrons. The van der Waals surface area contributed by atoms with E-state index in [0.717, 1.165) is 72.5 Å². The van der Waals surface area contributed by atoms with Gasteiger partial charge in [0.25, 0.3) is 6.33 Å². The zero-order valence-corrected chi connectivity index (χ0v) is 30.9. The molecule has 264 valence electrons. The molecule has 0 aliphatic carbocycles. The van der Waals surface area contributed by atoms with Crippen molar-refractivity contribution in [3.63, 3.8) is 0 Å². The van der Waals surface area contributed by atoms with Crippen LogP contribution >= 0.6 is 0 Å². The van der Waals surface area contributed by atoms with Crippen LogP contribution in [-0.4, -0.2) is 18.9 Å². The average Bonchev–Trinajstić information content (AvgIpc) is 3.94. The first-order valence-electron chi connectivity index (χ1n) is 18.6. The second-order valence-electron chi connectivity index (χ2n) is 14.3. The Hall–Kier alpha value is -7.18. The number of hydrogen-bond acceptors (Lipinski definition) is 2. The van der Waals surface area contributed by atoms with Gasteiger partial charge in [-0.2, -0.15) is 14.2 Å². The lowest BCUT2D eigenvalue weighted by molar-refractivity contribution is -0.568. The summed E-state index contributed by atoms with van der Waals surface area (Å²) < 4.78 is 15.9. The molecule has 0 N–H and O–H groups in total. The van der Waals surface area contributed by atoms with E-state index in [2.05, 4.69) is 174 Å². The van der Waals surface area contributed by atoms with E-state index in [9.17, 15) is 0 Å². The standard InChI is InChI=1S/C49H38N5O/c1-33-25-34(2)48(35(3)26-33)52-32-51(45-23-12-13-24-46(45)52)40-28-43-42-21-10-11-22-44(42)54(38-17-8-5-9-18-38)49(43)47(29-40)55-41-20-14-19-39(27-41)53-31-37(30-50-53)36-15-6-4-7-16-36/h4-32H,1-3H3/q+1. The highest BCUT2D eigenvalue weighted by Gasteiger charge is 2.25. The monoisotopic (exact) mass is 712 g/mol. The number of para-hydroxylation sites is 4. The SMILES string of the molecule is Cc1cc(C)c(-[n+]2cn(-c3cc(Oc4cccc(-n5cc(-c6ccccc6)cn5)c4)c4c(c3)c3ccccc3n4-c3ccccc3)c3ccccc32)c(C)c1. The minimum Gasteiger partial charge on any atom is -0.455 e. The third-order valence-electron chi connectivity index (χ3n) is 10.5. The Morgan fingerprint density at radius 2 is 1.25 bits per heavy atom. The molecule has 0 aliphatic rings. The molecule has 0 atom stereocenters. The Morgan fingerprint density at radius 1 is 0.564 bits per heavy atom. The molecule has 3 aromatic heterocycles. The van der Waals surface area contributed by atoms with Crippen LogP contribution in [-0.2, 0) is 0 Å². The third-order valence-corrected chi connectivity index (χ3v) is 10.5. The molecule has 3 heterocycles. The molecular weight excluding hydrogens is 675 g/mol. The van der Waals surface area contributed by atoms with Crippen LogP contribution in [0.4, 0.5) is 0 Å². The molecule has 0 spiro atoms. The van der Waals surface area contributed by atoms with Gasteiger partial charge in [-0.1, -0.05) is 103 Å². The van der Waals surface area contributed by atoms with Gasteiger partial charge in [-0.05, 0) is 86.0 Å². The van der Waals surface area contributed by atoms with Gasteiger partial charge < -0.3 is 9.30 Å². The molecule has 0 amide bonds. The van der Waals surface area contributed by atoms with E-state index in [1.165, 1.54) is 22.4 Å². The van der Waals surface area contributed by atoms with Gasteiger partial charge >= 0.3 is 0 Å². The number of benzene rings is 7. The maximum absolute atomic E-state index is 7.07. The van der Waals surface area contributed by atoms with Crippen molar-refractivity contribution >= 4 is 32.8 Å². The second-order valence-corrected chi connectivity index (χ2v) is 14.3. The van der Waals surface area contributed by atoms with Crippen LogP contribution in [0.5, 0.6) is 11.5 Å². The molecule has 55 heavy (non-hydrogen) atoms. The second kappa shape index (κ2) is 13.0. The minimum atomic E-state index is 0.718. The average molecular weight is 713 g/mol. The predicted molar refractivity (Wildman–Crippen MR) is 222 cm³/mol. The van der Waals surface area contributed by atoms with Gasteiger partial charge in [-0.15, -0.1) is 0 Å². The number of hydrogen-bond donors (Lipinski definition) is 0. The number of rotatable bonds is 7. The highest BCUT2D eigenvalue weighted by molar-refractivity contribution is 6.12. The van der Waals surface area contributed by atoms with Crippen molar-refractivity contribution in [1.29, 1.82) is 0 Å². The summed E-state index contributed by atoms with van der Waals surface area (Å²) in [4.78, 5) is 0. The summed E-state index contributed by atoms with van der Waals surface area (Å²) in [5, 5.41) is 6.98. The Labute approximate surface area is 319 Å². The Morgan fingerprint density at radius 3 is 2.05 bits per heavy atom. The van der Waals surface area contributed by atoms with E-state index in [-0.39, 0.29) is 0 Å². The molecular formula is C49H38N5O+. The van der Waals surface area contributed by atoms with Crippen molar-refractivity contribution in [2.45, 2.75) is 20.8 Å². The zero-order valence-electron chi connectivity index (χ0n) is 30.9. The van der Waals surface area contributed by atoms with E-state index < -0.39 is 0 Å². The summed E-state index contributed by atoms with van der Waals surface area (Å²) in [7, 11) is 0. The van der Waals surface area contributed by atoms with Crippen molar-refractivity contribution in [2.24, 2.45) is 0 Å². The molecule has 0 saturated heterocycles. The fraction of sp³-hybridized carbons (Fsp3) is 0.0612. The summed E-state index contributed by atoms with van der Waals surface area (Å²) in [6.07, 6.45) is 6.19. The van der Waals surface area contributed by atoms with Crippen molar-refractivity contribution in [1.82, 2.24) is 18.9 Å². The zero-order chi connectivity index (χ0) is 37.0. The summed E-state index contributed by atoms with van der Waals surface area (Å²) in [5.41, 5.74) is 14.5. The summed E-state index contributed by atoms with van der Waals surface area (Å²) in [6, 6.07) is 55.3. The molecule has 10 rings (SSSR count). The normalized spacial score (nSPS) is 11.5. The molecule has 0 fully saturated rings. The fourth-order valence-electron chi connectivity index (χ4n) is 8.22. The van der Waals surface area contributed by atoms with Crippen LogP contribution in [0.2, 0.25) is 0 Å². The Bertz CT molecular complexity index is 3020. The molecule has 0 unspecified atom stereocenters. The number of ether oxygens (including phenoxy) is 1. The summed E-state index contributed by atoms with van der Waals surface area (Å²) >= 11 is 0. The number of fused-ring (bicyclic) bond motifs is 4. The lowest BCUT2D eigenvalue weighted by atomic mass is 10.0. The van der Waals surface area contributed by atoms with E-state index >= 15 is 0 Å². The molecule has 0 bridgehead atoms. The molecule has 7 aromatic carbocycles. The van der Waals surface area contributed by atoms with Crippen molar-refractivity contribution < 1.29 is 9.30 Å². The highest BCUT2D eigenvalue weighted by atomic mass is 16.5. The molecule has 6 nitrogen and oxygen atoms in total. The van der Waals surface area contributed by atoms with Gasteiger partial charge in [-0.25, -0.2) is 4.68 Å². The first-order chi connectivity index (χ1) is 27.0. The van der Waals surface area contributed by atoms with Gasteiger partial charge in [0.05, 0.1) is 22.9 Å². The van der Waals surface area contributed by atoms with Gasteiger partial charge in [0.1, 0.15) is 17.1 Å². The van der Waals surface area contributed by atoms with E-state index in [0.29, 0.717) is 0 Å². The van der Waals surface area contributed by atoms with Gasteiger partial charge in [-0.3, -0.25) is 0 Å². The number of imidazole rings is 1. The summed E-state index contributed by atoms with van der Waals surface area (Å²) in [6.45, 7) is 6.56. The quantitative estimate of drug-likeness (QED) is 0.154. The predicted octanol–water partition coefficient (Wildman–Crippen LogP) is 11.6. The van der Waals surface area contributed by atoms with Crippen LogP contribution in [0, 0.1) is 20.8 Å². The topological polar surface area (TPSA) is 40.8 Å². The van der Waals surface area contributed by atoms with Crippen LogP contribution < -0.4 is 9.30 Å². The molecule has 0 saturated carbocycles. The van der Waals surface area contributed by atoms with E-state index in [4.69, 9.17) is 9.84 Å². The fourth-order valence-corrected chi connectivity index (χ4v) is 8.22. The Balaban J connectivity index is 1.19. The van der Waals surface area contributed by atoms with E-state index in [1.54, 1.807) is 0 Å². The van der Waals surface area contributed by atoms with Crippen molar-refractivity contribution in [3.05, 3.63) is 193 Å². The first-order valence-corrected chi connectivity index (χ1v) is 18.6. The van der Waals surface area contributed by atoms with Gasteiger partial charge in [0, 0.05) is 40.4 Å². The minimum absolute atomic E-state index is 0.718. The molecule has 10 aromatic rings. The maximum atomic E-state index is 7.07. The van der Waals surface area contributed by atoms with Crippen LogP contribution in [0.15, 0.2) is 176 Å². The smallest absolute Gasteiger partial charge is 0.255 e. The maximum Gasteiger partial charge on any atom is 0.255 e. The lowest BCUT2D eigenvalue weighted by Crippen LogP contribution is -2.31. The van der Waals surface area contributed by atoms with E-state index in [1.807, 2.05) is 41.2 Å². The highest BCUT2D eigenvalue weighted by Crippen LogP contribution is 2.41. The Kier molecular flexibility index (Phi) is 7.70. The molecule has 6 heteroatoms. The van der Waals surface area contributed by atoms with Crippen LogP contribution in [0.25, 0.3) is 66.7 Å². The molecule has 0 aliphatic heterocycles. The largest absolute Gasteiger partial charge is 0.455 e. The van der Waals surface area contributed by atoms with Crippen molar-refractivity contribution in [2.75, 3.05) is 0 Å². The first kappa shape index (κ1) is 32.5. The van der Waals surface area contributed by atoms with Crippen molar-refractivity contribution in [3.8, 4) is 45.4 Å². The summed E-state index contributed by atoms with van der Waals surface area (Å²) in [5.74, 6) is 1.47. The van der Waals surface area contributed by atoms with Gasteiger partial charge in [0.15, 0.2) is 16.8 Å².